The van der Waals surface area contributed by atoms with Crippen LogP contribution in [0.4, 0.5) is 10.1 Å². The number of amidine groups is 1. The molecule has 0 radical (unpaired) electrons. The van der Waals surface area contributed by atoms with Gasteiger partial charge in [-0.2, -0.15) is 0 Å². The number of rotatable bonds is 11. The van der Waals surface area contributed by atoms with E-state index in [0.29, 0.717) is 36.1 Å². The van der Waals surface area contributed by atoms with Gasteiger partial charge in [0, 0.05) is 22.9 Å². The van der Waals surface area contributed by atoms with Crippen LogP contribution in [0.25, 0.3) is 0 Å². The van der Waals surface area contributed by atoms with Gasteiger partial charge in [-0.05, 0) is 75.5 Å². The average molecular weight is 459 g/mol. The first-order valence-corrected chi connectivity index (χ1v) is 11.1. The summed E-state index contributed by atoms with van der Waals surface area (Å²) in [5.74, 6) is -1.24. The van der Waals surface area contributed by atoms with Crippen LogP contribution in [0.15, 0.2) is 36.4 Å². The van der Waals surface area contributed by atoms with Gasteiger partial charge in [0.2, 0.25) is 0 Å². The lowest BCUT2D eigenvalue weighted by atomic mass is 9.95. The van der Waals surface area contributed by atoms with E-state index in [1.807, 2.05) is 0 Å². The van der Waals surface area contributed by atoms with Gasteiger partial charge in [0.25, 0.3) is 0 Å². The molecule has 1 aliphatic rings. The third kappa shape index (κ3) is 6.58. The highest BCUT2D eigenvalue weighted by atomic mass is 19.1. The number of carboxylic acid groups (broad SMARTS) is 1. The maximum absolute atomic E-state index is 15.4. The second-order valence-corrected chi connectivity index (χ2v) is 7.99. The van der Waals surface area contributed by atoms with Crippen molar-refractivity contribution >= 4 is 17.5 Å². The average Bonchev–Trinajstić information content (AvgIpc) is 2.80. The van der Waals surface area contributed by atoms with E-state index < -0.39 is 17.8 Å². The molecule has 2 aromatic carbocycles. The number of nitrogens with one attached hydrogen (secondary N) is 3. The van der Waals surface area contributed by atoms with Crippen molar-refractivity contribution in [2.24, 2.45) is 11.7 Å². The van der Waals surface area contributed by atoms with E-state index in [1.54, 1.807) is 31.2 Å². The summed E-state index contributed by atoms with van der Waals surface area (Å²) in [6, 6.07) is 7.83. The Morgan fingerprint density at radius 1 is 1.27 bits per heavy atom. The maximum atomic E-state index is 15.4. The number of carbonyl (C=O) groups is 1. The number of nitrogens with two attached hydrogens (primary N) is 1. The lowest BCUT2D eigenvalue weighted by Crippen LogP contribution is -2.28. The van der Waals surface area contributed by atoms with Crippen molar-refractivity contribution in [3.63, 3.8) is 0 Å². The van der Waals surface area contributed by atoms with E-state index in [0.717, 1.165) is 32.4 Å². The summed E-state index contributed by atoms with van der Waals surface area (Å²) < 4.78 is 26.7. The molecule has 8 nitrogen and oxygen atoms in total. The van der Waals surface area contributed by atoms with Crippen LogP contribution >= 0.6 is 0 Å². The van der Waals surface area contributed by atoms with Crippen molar-refractivity contribution in [1.82, 2.24) is 5.32 Å². The minimum atomic E-state index is -1.37. The fourth-order valence-electron chi connectivity index (χ4n) is 3.85. The first-order chi connectivity index (χ1) is 15.9. The summed E-state index contributed by atoms with van der Waals surface area (Å²) in [7, 11) is 0. The van der Waals surface area contributed by atoms with Crippen LogP contribution in [-0.2, 0) is 4.79 Å². The number of ether oxygens (including phenoxy) is 2. The second-order valence-electron chi connectivity index (χ2n) is 7.99. The molecule has 0 amide bonds. The molecule has 33 heavy (non-hydrogen) atoms. The lowest BCUT2D eigenvalue weighted by Gasteiger charge is -2.23. The molecule has 178 valence electrons. The number of nitrogen functional groups attached to an aromatic ring is 1. The van der Waals surface area contributed by atoms with Crippen LogP contribution in [0.2, 0.25) is 0 Å². The normalized spacial score (nSPS) is 15.0. The predicted molar refractivity (Wildman–Crippen MR) is 125 cm³/mol. The molecule has 0 spiro atoms. The van der Waals surface area contributed by atoms with Crippen molar-refractivity contribution in [2.75, 3.05) is 31.6 Å². The standard InChI is InChI=1S/C24H31FN4O4/c1-2-32-18-13-19(21(25)20(14-18)33-12-9-15-7-10-28-11-8-15)22(24(30)31)29-17-5-3-16(4-6-17)23(26)27/h3-6,13-15,22,28-29H,2,7-12H2,1H3,(H3,26,27)(H,30,31). The molecule has 0 saturated carbocycles. The third-order valence-electron chi connectivity index (χ3n) is 5.66. The SMILES string of the molecule is CCOc1cc(OCCC2CCNCC2)c(F)c(C(Nc2ccc(C(=N)N)cc2)C(=O)O)c1. The Balaban J connectivity index is 1.82. The van der Waals surface area contributed by atoms with E-state index >= 15 is 4.39 Å². The zero-order valence-corrected chi connectivity index (χ0v) is 18.7. The van der Waals surface area contributed by atoms with E-state index in [-0.39, 0.29) is 17.1 Å². The van der Waals surface area contributed by atoms with Gasteiger partial charge in [-0.1, -0.05) is 0 Å². The number of halogens is 1. The third-order valence-corrected chi connectivity index (χ3v) is 5.66. The quantitative estimate of drug-likeness (QED) is 0.257. The number of carboxylic acids is 1. The van der Waals surface area contributed by atoms with Crippen molar-refractivity contribution in [2.45, 2.75) is 32.2 Å². The summed E-state index contributed by atoms with van der Waals surface area (Å²) in [5, 5.41) is 23.5. The van der Waals surface area contributed by atoms with Crippen LogP contribution in [0, 0.1) is 17.1 Å². The molecule has 0 aromatic heterocycles. The minimum absolute atomic E-state index is 0.0233. The number of hydrogen-bond acceptors (Lipinski definition) is 6. The van der Waals surface area contributed by atoms with E-state index in [9.17, 15) is 9.90 Å². The first kappa shape index (κ1) is 24.3. The Morgan fingerprint density at radius 3 is 2.58 bits per heavy atom. The molecule has 0 aliphatic carbocycles. The summed E-state index contributed by atoms with van der Waals surface area (Å²) in [6.07, 6.45) is 2.92. The van der Waals surface area contributed by atoms with Gasteiger partial charge in [0.15, 0.2) is 17.6 Å². The summed E-state index contributed by atoms with van der Waals surface area (Å²) in [5.41, 5.74) is 6.33. The van der Waals surface area contributed by atoms with Crippen molar-refractivity contribution in [3.05, 3.63) is 53.3 Å². The predicted octanol–water partition coefficient (Wildman–Crippen LogP) is 3.51. The fourth-order valence-corrected chi connectivity index (χ4v) is 3.85. The summed E-state index contributed by atoms with van der Waals surface area (Å²) in [4.78, 5) is 12.1. The molecule has 1 saturated heterocycles. The molecule has 6 N–H and O–H groups in total. The number of aliphatic carboxylic acids is 1. The van der Waals surface area contributed by atoms with Crippen LogP contribution in [-0.4, -0.2) is 43.2 Å². The maximum Gasteiger partial charge on any atom is 0.330 e. The van der Waals surface area contributed by atoms with Crippen molar-refractivity contribution in [1.29, 1.82) is 5.41 Å². The van der Waals surface area contributed by atoms with Gasteiger partial charge < -0.3 is 30.9 Å². The topological polar surface area (TPSA) is 130 Å². The Labute approximate surface area is 192 Å². The second kappa shape index (κ2) is 11.5. The molecule has 2 aromatic rings. The monoisotopic (exact) mass is 458 g/mol. The van der Waals surface area contributed by atoms with Crippen molar-refractivity contribution < 1.29 is 23.8 Å². The summed E-state index contributed by atoms with van der Waals surface area (Å²) >= 11 is 0. The van der Waals surface area contributed by atoms with Gasteiger partial charge in [0.05, 0.1) is 13.2 Å². The molecule has 0 bridgehead atoms. The van der Waals surface area contributed by atoms with Gasteiger partial charge >= 0.3 is 5.97 Å². The van der Waals surface area contributed by atoms with E-state index in [2.05, 4.69) is 10.6 Å². The van der Waals surface area contributed by atoms with Gasteiger partial charge in [-0.15, -0.1) is 0 Å². The number of piperidine rings is 1. The van der Waals surface area contributed by atoms with Crippen LogP contribution in [0.3, 0.4) is 0 Å². The molecule has 1 aliphatic heterocycles. The number of benzene rings is 2. The molecule has 1 fully saturated rings. The first-order valence-electron chi connectivity index (χ1n) is 11.1. The molecule has 1 unspecified atom stereocenters. The molecule has 1 atom stereocenters. The lowest BCUT2D eigenvalue weighted by molar-refractivity contribution is -0.138. The Bertz CT molecular complexity index is 962. The molecular weight excluding hydrogens is 427 g/mol. The Morgan fingerprint density at radius 2 is 1.97 bits per heavy atom. The minimum Gasteiger partial charge on any atom is -0.494 e. The fraction of sp³-hybridized carbons (Fsp3) is 0.417. The van der Waals surface area contributed by atoms with Gasteiger partial charge in [-0.3, -0.25) is 5.41 Å². The highest BCUT2D eigenvalue weighted by Gasteiger charge is 2.27. The molecule has 9 heteroatoms. The van der Waals surface area contributed by atoms with Gasteiger partial charge in [0.1, 0.15) is 11.6 Å². The van der Waals surface area contributed by atoms with Crippen LogP contribution in [0.5, 0.6) is 11.5 Å². The summed E-state index contributed by atoms with van der Waals surface area (Å²) in [6.45, 7) is 4.43. The van der Waals surface area contributed by atoms with Crippen molar-refractivity contribution in [3.8, 4) is 11.5 Å². The zero-order chi connectivity index (χ0) is 23.8. The molecule has 1 heterocycles. The largest absolute Gasteiger partial charge is 0.494 e. The molecular formula is C24H31FN4O4. The Kier molecular flexibility index (Phi) is 8.48. The number of anilines is 1. The Hall–Kier alpha value is -3.33. The van der Waals surface area contributed by atoms with Gasteiger partial charge in [-0.25, -0.2) is 9.18 Å². The highest BCUT2D eigenvalue weighted by molar-refractivity contribution is 5.95. The van der Waals surface area contributed by atoms with E-state index in [4.69, 9.17) is 20.6 Å². The molecule has 3 rings (SSSR count). The smallest absolute Gasteiger partial charge is 0.330 e. The zero-order valence-electron chi connectivity index (χ0n) is 18.7. The van der Waals surface area contributed by atoms with Crippen LogP contribution < -0.4 is 25.8 Å². The van der Waals surface area contributed by atoms with Crippen LogP contribution in [0.1, 0.15) is 43.4 Å². The van der Waals surface area contributed by atoms with E-state index in [1.165, 1.54) is 12.1 Å². The number of hydrogen-bond donors (Lipinski definition) is 5. The highest BCUT2D eigenvalue weighted by Crippen LogP contribution is 2.33.